The predicted octanol–water partition coefficient (Wildman–Crippen LogP) is 1.71. The van der Waals surface area contributed by atoms with Crippen molar-refractivity contribution in [3.8, 4) is 6.07 Å². The number of aryl methyl sites for hydroxylation is 1. The summed E-state index contributed by atoms with van der Waals surface area (Å²) >= 11 is 0. The summed E-state index contributed by atoms with van der Waals surface area (Å²) < 4.78 is 0. The Bertz CT molecular complexity index is 559. The summed E-state index contributed by atoms with van der Waals surface area (Å²) in [6.07, 6.45) is 4.45. The number of rotatable bonds is 4. The topological polar surface area (TPSA) is 74.5 Å². The molecular weight excluding hydrogens is 226 g/mol. The van der Waals surface area contributed by atoms with E-state index in [4.69, 9.17) is 5.26 Å². The van der Waals surface area contributed by atoms with E-state index in [0.717, 1.165) is 18.5 Å². The van der Waals surface area contributed by atoms with E-state index in [0.29, 0.717) is 17.3 Å². The van der Waals surface area contributed by atoms with Gasteiger partial charge in [0.05, 0.1) is 0 Å². The zero-order valence-corrected chi connectivity index (χ0v) is 10.1. The number of nitrogens with zero attached hydrogens (tertiary/aromatic N) is 4. The smallest absolute Gasteiger partial charge is 0.146 e. The first-order valence-corrected chi connectivity index (χ1v) is 5.66. The van der Waals surface area contributed by atoms with E-state index in [1.165, 1.54) is 0 Å². The van der Waals surface area contributed by atoms with Crippen molar-refractivity contribution in [2.24, 2.45) is 0 Å². The highest BCUT2D eigenvalue weighted by molar-refractivity contribution is 5.39. The molecule has 2 aromatic heterocycles. The normalized spacial score (nSPS) is 9.78. The Kier molecular flexibility index (Phi) is 3.82. The first kappa shape index (κ1) is 12.0. The van der Waals surface area contributed by atoms with Gasteiger partial charge >= 0.3 is 0 Å². The fourth-order valence-electron chi connectivity index (χ4n) is 1.60. The molecule has 0 bridgehead atoms. The molecule has 0 unspecified atom stereocenters. The third-order valence-electron chi connectivity index (χ3n) is 2.40. The average Bonchev–Trinajstić information content (AvgIpc) is 2.39. The summed E-state index contributed by atoms with van der Waals surface area (Å²) in [4.78, 5) is 12.3. The first-order valence-electron chi connectivity index (χ1n) is 5.66. The number of anilines is 1. The molecule has 0 fully saturated rings. The van der Waals surface area contributed by atoms with Gasteiger partial charge in [0.15, 0.2) is 0 Å². The van der Waals surface area contributed by atoms with Crippen LogP contribution >= 0.6 is 0 Å². The summed E-state index contributed by atoms with van der Waals surface area (Å²) in [6.45, 7) is 2.51. The molecule has 2 aromatic rings. The SMILES string of the molecule is Cc1nc(C#N)cc(NCCc2cccnc2)n1. The van der Waals surface area contributed by atoms with Crippen LogP contribution in [0.5, 0.6) is 0 Å². The van der Waals surface area contributed by atoms with Crippen LogP contribution in [0.4, 0.5) is 5.82 Å². The molecule has 5 heteroatoms. The highest BCUT2D eigenvalue weighted by Gasteiger charge is 2.00. The largest absolute Gasteiger partial charge is 0.370 e. The Labute approximate surface area is 106 Å². The third-order valence-corrected chi connectivity index (χ3v) is 2.40. The highest BCUT2D eigenvalue weighted by Crippen LogP contribution is 2.06. The second kappa shape index (κ2) is 5.73. The minimum atomic E-state index is 0.381. The zero-order valence-electron chi connectivity index (χ0n) is 10.1. The molecule has 0 aliphatic carbocycles. The van der Waals surface area contributed by atoms with Crippen LogP contribution < -0.4 is 5.32 Å². The number of pyridine rings is 1. The molecule has 90 valence electrons. The number of aromatic nitrogens is 3. The summed E-state index contributed by atoms with van der Waals surface area (Å²) in [5.41, 5.74) is 1.54. The van der Waals surface area contributed by atoms with Crippen LogP contribution in [-0.2, 0) is 6.42 Å². The molecule has 0 amide bonds. The van der Waals surface area contributed by atoms with Crippen molar-refractivity contribution in [3.05, 3.63) is 47.7 Å². The fraction of sp³-hybridized carbons (Fsp3) is 0.231. The van der Waals surface area contributed by atoms with Gasteiger partial charge in [-0.05, 0) is 25.0 Å². The molecule has 2 rings (SSSR count). The molecule has 0 spiro atoms. The molecule has 5 nitrogen and oxygen atoms in total. The average molecular weight is 239 g/mol. The van der Waals surface area contributed by atoms with Gasteiger partial charge in [-0.25, -0.2) is 9.97 Å². The Balaban J connectivity index is 1.95. The number of hydrogen-bond donors (Lipinski definition) is 1. The van der Waals surface area contributed by atoms with Gasteiger partial charge < -0.3 is 5.32 Å². The Hall–Kier alpha value is -2.48. The van der Waals surface area contributed by atoms with Crippen LogP contribution in [0.1, 0.15) is 17.1 Å². The van der Waals surface area contributed by atoms with Gasteiger partial charge in [-0.1, -0.05) is 6.07 Å². The van der Waals surface area contributed by atoms with Crippen LogP contribution in [0.3, 0.4) is 0 Å². The molecule has 0 aliphatic rings. The van der Waals surface area contributed by atoms with E-state index in [2.05, 4.69) is 20.3 Å². The molecule has 0 saturated heterocycles. The summed E-state index contributed by atoms with van der Waals surface area (Å²) in [6, 6.07) is 7.61. The lowest BCUT2D eigenvalue weighted by Crippen LogP contribution is -2.08. The number of nitriles is 1. The van der Waals surface area contributed by atoms with Crippen molar-refractivity contribution in [1.29, 1.82) is 5.26 Å². The highest BCUT2D eigenvalue weighted by atomic mass is 15.0. The number of nitrogens with one attached hydrogen (secondary N) is 1. The van der Waals surface area contributed by atoms with Crippen molar-refractivity contribution >= 4 is 5.82 Å². The monoisotopic (exact) mass is 239 g/mol. The third kappa shape index (κ3) is 3.25. The predicted molar refractivity (Wildman–Crippen MR) is 67.9 cm³/mol. The standard InChI is InChI=1S/C13H13N5/c1-10-17-12(8-14)7-13(18-10)16-6-4-11-3-2-5-15-9-11/h2-3,5,7,9H,4,6H2,1H3,(H,16,17,18). The van der Waals surface area contributed by atoms with Gasteiger partial charge in [0.25, 0.3) is 0 Å². The van der Waals surface area contributed by atoms with E-state index >= 15 is 0 Å². The van der Waals surface area contributed by atoms with Gasteiger partial charge in [0, 0.05) is 25.0 Å². The van der Waals surface area contributed by atoms with Crippen LogP contribution in [0, 0.1) is 18.3 Å². The van der Waals surface area contributed by atoms with Crippen molar-refractivity contribution in [2.45, 2.75) is 13.3 Å². The molecule has 1 N–H and O–H groups in total. The minimum absolute atomic E-state index is 0.381. The van der Waals surface area contributed by atoms with Crippen LogP contribution in [0.25, 0.3) is 0 Å². The van der Waals surface area contributed by atoms with Gasteiger partial charge in [-0.3, -0.25) is 4.98 Å². The zero-order chi connectivity index (χ0) is 12.8. The quantitative estimate of drug-likeness (QED) is 0.879. The number of hydrogen-bond acceptors (Lipinski definition) is 5. The maximum absolute atomic E-state index is 8.81. The minimum Gasteiger partial charge on any atom is -0.370 e. The lowest BCUT2D eigenvalue weighted by molar-refractivity contribution is 0.969. The van der Waals surface area contributed by atoms with E-state index in [-0.39, 0.29) is 0 Å². The molecular formula is C13H13N5. The summed E-state index contributed by atoms with van der Waals surface area (Å²) in [5, 5.41) is 12.0. The van der Waals surface area contributed by atoms with Crippen molar-refractivity contribution in [3.63, 3.8) is 0 Å². The van der Waals surface area contributed by atoms with Gasteiger partial charge in [0.2, 0.25) is 0 Å². The lowest BCUT2D eigenvalue weighted by atomic mass is 10.2. The van der Waals surface area contributed by atoms with Crippen molar-refractivity contribution in [1.82, 2.24) is 15.0 Å². The molecule has 0 atom stereocenters. The molecule has 0 saturated carbocycles. The Morgan fingerprint density at radius 1 is 1.39 bits per heavy atom. The second-order valence-corrected chi connectivity index (χ2v) is 3.84. The van der Waals surface area contributed by atoms with E-state index in [9.17, 15) is 0 Å². The lowest BCUT2D eigenvalue weighted by Gasteiger charge is -2.06. The van der Waals surface area contributed by atoms with Crippen LogP contribution in [-0.4, -0.2) is 21.5 Å². The Morgan fingerprint density at radius 3 is 3.00 bits per heavy atom. The molecule has 2 heterocycles. The summed E-state index contributed by atoms with van der Waals surface area (Å²) in [5.74, 6) is 1.28. The van der Waals surface area contributed by atoms with Crippen LogP contribution in [0.15, 0.2) is 30.6 Å². The maximum Gasteiger partial charge on any atom is 0.146 e. The van der Waals surface area contributed by atoms with E-state index in [1.54, 1.807) is 19.2 Å². The molecule has 0 radical (unpaired) electrons. The van der Waals surface area contributed by atoms with Crippen LogP contribution in [0.2, 0.25) is 0 Å². The van der Waals surface area contributed by atoms with Gasteiger partial charge in [0.1, 0.15) is 23.4 Å². The summed E-state index contributed by atoms with van der Waals surface area (Å²) in [7, 11) is 0. The molecule has 18 heavy (non-hydrogen) atoms. The molecule has 0 aliphatic heterocycles. The van der Waals surface area contributed by atoms with Gasteiger partial charge in [-0.2, -0.15) is 5.26 Å². The van der Waals surface area contributed by atoms with E-state index < -0.39 is 0 Å². The van der Waals surface area contributed by atoms with Gasteiger partial charge in [-0.15, -0.1) is 0 Å². The maximum atomic E-state index is 8.81. The second-order valence-electron chi connectivity index (χ2n) is 3.84. The van der Waals surface area contributed by atoms with Crippen molar-refractivity contribution < 1.29 is 0 Å². The molecule has 0 aromatic carbocycles. The van der Waals surface area contributed by atoms with E-state index in [1.807, 2.05) is 24.4 Å². The van der Waals surface area contributed by atoms with Crippen molar-refractivity contribution in [2.75, 3.05) is 11.9 Å². The fourth-order valence-corrected chi connectivity index (χ4v) is 1.60. The first-order chi connectivity index (χ1) is 8.78. The Morgan fingerprint density at radius 2 is 2.28 bits per heavy atom.